The van der Waals surface area contributed by atoms with Crippen LogP contribution in [0.3, 0.4) is 0 Å². The van der Waals surface area contributed by atoms with Crippen molar-refractivity contribution in [1.29, 1.82) is 0 Å². The van der Waals surface area contributed by atoms with Gasteiger partial charge in [0.15, 0.2) is 0 Å². The molecule has 7 nitrogen and oxygen atoms in total. The quantitative estimate of drug-likeness (QED) is 0.477. The number of benzene rings is 2. The summed E-state index contributed by atoms with van der Waals surface area (Å²) in [5.41, 5.74) is 2.71. The molecule has 0 aromatic heterocycles. The summed E-state index contributed by atoms with van der Waals surface area (Å²) >= 11 is 1.57. The summed E-state index contributed by atoms with van der Waals surface area (Å²) < 4.78 is 0. The Kier molecular flexibility index (Phi) is 8.21. The van der Waals surface area contributed by atoms with E-state index in [0.29, 0.717) is 12.2 Å². The zero-order valence-corrected chi connectivity index (χ0v) is 17.5. The highest BCUT2D eigenvalue weighted by molar-refractivity contribution is 7.98. The van der Waals surface area contributed by atoms with Crippen molar-refractivity contribution < 1.29 is 14.5 Å². The fourth-order valence-electron chi connectivity index (χ4n) is 2.92. The van der Waals surface area contributed by atoms with Crippen LogP contribution in [0.2, 0.25) is 0 Å². The van der Waals surface area contributed by atoms with Crippen molar-refractivity contribution in [3.8, 4) is 0 Å². The Morgan fingerprint density at radius 2 is 1.93 bits per heavy atom. The Bertz CT molecular complexity index is 901. The van der Waals surface area contributed by atoms with Crippen molar-refractivity contribution in [2.45, 2.75) is 32.7 Å². The molecule has 0 aliphatic heterocycles. The Morgan fingerprint density at radius 1 is 1.21 bits per heavy atom. The second-order valence-electron chi connectivity index (χ2n) is 6.57. The van der Waals surface area contributed by atoms with E-state index in [1.54, 1.807) is 11.8 Å². The van der Waals surface area contributed by atoms with Crippen molar-refractivity contribution in [3.05, 3.63) is 69.3 Å². The zero-order chi connectivity index (χ0) is 21.4. The van der Waals surface area contributed by atoms with Crippen LogP contribution in [0.15, 0.2) is 42.5 Å². The summed E-state index contributed by atoms with van der Waals surface area (Å²) in [6.07, 6.45) is 3.14. The van der Waals surface area contributed by atoms with Crippen molar-refractivity contribution in [1.82, 2.24) is 5.32 Å². The number of aryl methyl sites for hydroxylation is 2. The van der Waals surface area contributed by atoms with Gasteiger partial charge in [-0.1, -0.05) is 31.2 Å². The van der Waals surface area contributed by atoms with E-state index in [1.807, 2.05) is 38.3 Å². The molecule has 1 atom stereocenters. The van der Waals surface area contributed by atoms with Gasteiger partial charge in [-0.15, -0.1) is 0 Å². The number of anilines is 1. The van der Waals surface area contributed by atoms with Gasteiger partial charge >= 0.3 is 0 Å². The predicted octanol–water partition coefficient (Wildman–Crippen LogP) is 3.96. The summed E-state index contributed by atoms with van der Waals surface area (Å²) in [4.78, 5) is 36.0. The molecule has 2 rings (SSSR count). The molecule has 0 spiro atoms. The highest BCUT2D eigenvalue weighted by Crippen LogP contribution is 2.22. The van der Waals surface area contributed by atoms with Gasteiger partial charge in [-0.25, -0.2) is 0 Å². The lowest BCUT2D eigenvalue weighted by Gasteiger charge is -2.20. The van der Waals surface area contributed by atoms with E-state index < -0.39 is 16.9 Å². The number of nitro groups is 1. The van der Waals surface area contributed by atoms with Gasteiger partial charge in [0.05, 0.1) is 4.92 Å². The first-order valence-electron chi connectivity index (χ1n) is 9.31. The first-order chi connectivity index (χ1) is 13.9. The van der Waals surface area contributed by atoms with Crippen molar-refractivity contribution in [2.24, 2.45) is 0 Å². The van der Waals surface area contributed by atoms with E-state index in [4.69, 9.17) is 0 Å². The number of thioether (sulfide) groups is 1. The lowest BCUT2D eigenvalue weighted by molar-refractivity contribution is -0.384. The van der Waals surface area contributed by atoms with Gasteiger partial charge in [0.25, 0.3) is 11.6 Å². The largest absolute Gasteiger partial charge is 0.340 e. The first kappa shape index (κ1) is 22.4. The molecular weight excluding hydrogens is 390 g/mol. The Labute approximate surface area is 174 Å². The SMILES string of the molecule is CCc1cccc(C)c1NC(=O)[C@H](CCSC)NC(=O)c1cccc([N+](=O)[O-])c1. The molecule has 2 aromatic carbocycles. The van der Waals surface area contributed by atoms with Crippen LogP contribution in [0.1, 0.15) is 34.8 Å². The molecule has 154 valence electrons. The van der Waals surface area contributed by atoms with E-state index in [-0.39, 0.29) is 17.2 Å². The van der Waals surface area contributed by atoms with E-state index in [1.165, 1.54) is 24.3 Å². The van der Waals surface area contributed by atoms with Gasteiger partial charge < -0.3 is 10.6 Å². The highest BCUT2D eigenvalue weighted by Gasteiger charge is 2.23. The number of rotatable bonds is 9. The normalized spacial score (nSPS) is 11.6. The Morgan fingerprint density at radius 3 is 2.59 bits per heavy atom. The van der Waals surface area contributed by atoms with Crippen LogP contribution < -0.4 is 10.6 Å². The van der Waals surface area contributed by atoms with Crippen LogP contribution in [-0.2, 0) is 11.2 Å². The van der Waals surface area contributed by atoms with Crippen LogP contribution in [0, 0.1) is 17.0 Å². The zero-order valence-electron chi connectivity index (χ0n) is 16.7. The molecule has 0 saturated heterocycles. The number of nitro benzene ring substituents is 1. The van der Waals surface area contributed by atoms with Gasteiger partial charge in [0, 0.05) is 23.4 Å². The van der Waals surface area contributed by atoms with Gasteiger partial charge in [-0.05, 0) is 49.0 Å². The van der Waals surface area contributed by atoms with Gasteiger partial charge in [-0.3, -0.25) is 19.7 Å². The number of para-hydroxylation sites is 1. The van der Waals surface area contributed by atoms with Gasteiger partial charge in [0.2, 0.25) is 5.91 Å². The minimum absolute atomic E-state index is 0.145. The van der Waals surface area contributed by atoms with E-state index in [2.05, 4.69) is 10.6 Å². The molecule has 2 amide bonds. The Hall–Kier alpha value is -2.87. The average molecular weight is 416 g/mol. The Balaban J connectivity index is 2.20. The topological polar surface area (TPSA) is 101 Å². The summed E-state index contributed by atoms with van der Waals surface area (Å²) in [5.74, 6) is -0.140. The third-order valence-electron chi connectivity index (χ3n) is 4.54. The minimum Gasteiger partial charge on any atom is -0.340 e. The number of nitrogens with zero attached hydrogens (tertiary/aromatic N) is 1. The molecule has 0 radical (unpaired) electrons. The van der Waals surface area contributed by atoms with Crippen LogP contribution in [0.4, 0.5) is 11.4 Å². The number of hydrogen-bond acceptors (Lipinski definition) is 5. The molecule has 8 heteroatoms. The maximum absolute atomic E-state index is 12.9. The number of nitrogens with one attached hydrogen (secondary N) is 2. The standard InChI is InChI=1S/C21H25N3O4S/c1-4-15-8-5-7-14(2)19(15)23-21(26)18(11-12-29-3)22-20(25)16-9-6-10-17(13-16)24(27)28/h5-10,13,18H,4,11-12H2,1-3H3,(H,22,25)(H,23,26)/t18-/m0/s1. The second-order valence-corrected chi connectivity index (χ2v) is 7.55. The third-order valence-corrected chi connectivity index (χ3v) is 5.18. The maximum atomic E-state index is 12.9. The van der Waals surface area contributed by atoms with Crippen LogP contribution in [0.5, 0.6) is 0 Å². The highest BCUT2D eigenvalue weighted by atomic mass is 32.2. The first-order valence-corrected chi connectivity index (χ1v) is 10.7. The second kappa shape index (κ2) is 10.6. The van der Waals surface area contributed by atoms with Crippen LogP contribution >= 0.6 is 11.8 Å². The van der Waals surface area contributed by atoms with Crippen molar-refractivity contribution in [3.63, 3.8) is 0 Å². The monoisotopic (exact) mass is 415 g/mol. The molecule has 0 aliphatic carbocycles. The average Bonchev–Trinajstić information content (AvgIpc) is 2.72. The molecule has 0 saturated carbocycles. The molecule has 29 heavy (non-hydrogen) atoms. The molecular formula is C21H25N3O4S. The van der Waals surface area contributed by atoms with Gasteiger partial charge in [0.1, 0.15) is 6.04 Å². The summed E-state index contributed by atoms with van der Waals surface area (Å²) in [7, 11) is 0. The molecule has 0 aliphatic rings. The predicted molar refractivity (Wildman–Crippen MR) is 117 cm³/mol. The van der Waals surface area contributed by atoms with E-state index in [0.717, 1.165) is 23.2 Å². The smallest absolute Gasteiger partial charge is 0.270 e. The van der Waals surface area contributed by atoms with E-state index >= 15 is 0 Å². The summed E-state index contributed by atoms with van der Waals surface area (Å²) in [6, 6.07) is 10.5. The fraction of sp³-hybridized carbons (Fsp3) is 0.333. The number of carbonyl (C=O) groups excluding carboxylic acids is 2. The molecule has 0 heterocycles. The fourth-order valence-corrected chi connectivity index (χ4v) is 3.39. The summed E-state index contributed by atoms with van der Waals surface area (Å²) in [6.45, 7) is 3.94. The van der Waals surface area contributed by atoms with Crippen molar-refractivity contribution >= 4 is 35.0 Å². The van der Waals surface area contributed by atoms with E-state index in [9.17, 15) is 19.7 Å². The van der Waals surface area contributed by atoms with Crippen LogP contribution in [-0.4, -0.2) is 34.8 Å². The number of non-ortho nitro benzene ring substituents is 1. The molecule has 0 unspecified atom stereocenters. The summed E-state index contributed by atoms with van der Waals surface area (Å²) in [5, 5.41) is 16.6. The minimum atomic E-state index is -0.751. The number of hydrogen-bond donors (Lipinski definition) is 2. The lowest BCUT2D eigenvalue weighted by Crippen LogP contribution is -2.44. The number of amides is 2. The van der Waals surface area contributed by atoms with Gasteiger partial charge in [-0.2, -0.15) is 11.8 Å². The third kappa shape index (κ3) is 6.05. The molecule has 0 fully saturated rings. The maximum Gasteiger partial charge on any atom is 0.270 e. The lowest BCUT2D eigenvalue weighted by atomic mass is 10.0. The van der Waals surface area contributed by atoms with Crippen LogP contribution in [0.25, 0.3) is 0 Å². The van der Waals surface area contributed by atoms with Crippen molar-refractivity contribution in [2.75, 3.05) is 17.3 Å². The molecule has 0 bridgehead atoms. The number of carbonyl (C=O) groups is 2. The molecule has 2 N–H and O–H groups in total. The molecule has 2 aromatic rings.